The van der Waals surface area contributed by atoms with E-state index in [0.29, 0.717) is 12.2 Å². The lowest BCUT2D eigenvalue weighted by Gasteiger charge is -2.10. The first-order chi connectivity index (χ1) is 9.58. The van der Waals surface area contributed by atoms with Gasteiger partial charge in [-0.25, -0.2) is 0 Å². The normalized spacial score (nSPS) is 10.2. The summed E-state index contributed by atoms with van der Waals surface area (Å²) in [7, 11) is 0. The summed E-state index contributed by atoms with van der Waals surface area (Å²) in [5.41, 5.74) is 9.08. The molecule has 5 heteroatoms. The number of nitro groups is 1. The highest BCUT2D eigenvalue weighted by molar-refractivity contribution is 5.66. The topological polar surface area (TPSA) is 81.2 Å². The molecule has 0 aliphatic rings. The molecule has 2 rings (SSSR count). The van der Waals surface area contributed by atoms with Crippen LogP contribution in [0.5, 0.6) is 0 Å². The van der Waals surface area contributed by atoms with Crippen LogP contribution < -0.4 is 11.1 Å². The highest BCUT2D eigenvalue weighted by Gasteiger charge is 2.14. The number of hydrogen-bond donors (Lipinski definition) is 2. The largest absolute Gasteiger partial charge is 0.399 e. The molecule has 3 N–H and O–H groups in total. The fourth-order valence-electron chi connectivity index (χ4n) is 2.05. The summed E-state index contributed by atoms with van der Waals surface area (Å²) in [6.07, 6.45) is 0.784. The third-order valence-corrected chi connectivity index (χ3v) is 3.14. The van der Waals surface area contributed by atoms with Crippen LogP contribution in [0.1, 0.15) is 11.1 Å². The number of nitrogens with one attached hydrogen (secondary N) is 1. The molecule has 0 aromatic heterocycles. The fraction of sp³-hybridized carbons (Fsp3) is 0.200. The zero-order chi connectivity index (χ0) is 14.5. The minimum atomic E-state index is -0.363. The molecular weight excluding hydrogens is 254 g/mol. The molecule has 104 valence electrons. The molecule has 5 nitrogen and oxygen atoms in total. The van der Waals surface area contributed by atoms with Gasteiger partial charge in [-0.2, -0.15) is 0 Å². The molecule has 0 heterocycles. The molecule has 0 atom stereocenters. The summed E-state index contributed by atoms with van der Waals surface area (Å²) >= 11 is 0. The number of nitrogens with two attached hydrogens (primary N) is 1. The third-order valence-electron chi connectivity index (χ3n) is 3.14. The van der Waals surface area contributed by atoms with Crippen molar-refractivity contribution >= 4 is 17.1 Å². The van der Waals surface area contributed by atoms with Crippen LogP contribution in [-0.2, 0) is 6.42 Å². The highest BCUT2D eigenvalue weighted by atomic mass is 16.6. The Kier molecular flexibility index (Phi) is 4.20. The first-order valence-corrected chi connectivity index (χ1v) is 6.40. The Bertz CT molecular complexity index is 609. The number of aryl methyl sites for hydroxylation is 1. The summed E-state index contributed by atoms with van der Waals surface area (Å²) in [6.45, 7) is 2.49. The predicted octanol–water partition coefficient (Wildman–Crippen LogP) is 3.14. The molecule has 0 aliphatic heterocycles. The molecule has 0 aliphatic carbocycles. The number of rotatable bonds is 5. The SMILES string of the molecule is Cc1cccc([N+](=O)[O-])c1NCCc1ccc(N)cc1. The summed E-state index contributed by atoms with van der Waals surface area (Å²) in [5, 5.41) is 14.1. The van der Waals surface area contributed by atoms with Crippen molar-refractivity contribution in [1.29, 1.82) is 0 Å². The van der Waals surface area contributed by atoms with E-state index in [2.05, 4.69) is 5.32 Å². The maximum absolute atomic E-state index is 11.0. The van der Waals surface area contributed by atoms with Crippen molar-refractivity contribution in [2.75, 3.05) is 17.6 Å². The molecule has 0 radical (unpaired) electrons. The number of nitrogens with zero attached hydrogens (tertiary/aromatic N) is 1. The van der Waals surface area contributed by atoms with Gasteiger partial charge in [0.15, 0.2) is 0 Å². The quantitative estimate of drug-likeness (QED) is 0.497. The number of benzene rings is 2. The first-order valence-electron chi connectivity index (χ1n) is 6.40. The predicted molar refractivity (Wildman–Crippen MR) is 80.9 cm³/mol. The van der Waals surface area contributed by atoms with E-state index in [1.807, 2.05) is 37.3 Å². The van der Waals surface area contributed by atoms with Gasteiger partial charge in [0.05, 0.1) is 4.92 Å². The zero-order valence-electron chi connectivity index (χ0n) is 11.3. The standard InChI is InChI=1S/C15H17N3O2/c1-11-3-2-4-14(18(19)20)15(11)17-10-9-12-5-7-13(16)8-6-12/h2-8,17H,9-10,16H2,1H3. The van der Waals surface area contributed by atoms with Crippen LogP contribution in [0.3, 0.4) is 0 Å². The van der Waals surface area contributed by atoms with E-state index in [1.54, 1.807) is 6.07 Å². The van der Waals surface area contributed by atoms with Gasteiger partial charge in [-0.3, -0.25) is 10.1 Å². The van der Waals surface area contributed by atoms with E-state index >= 15 is 0 Å². The van der Waals surface area contributed by atoms with Crippen molar-refractivity contribution in [2.24, 2.45) is 0 Å². The molecule has 0 saturated carbocycles. The van der Waals surface area contributed by atoms with Crippen LogP contribution in [0.2, 0.25) is 0 Å². The van der Waals surface area contributed by atoms with Gasteiger partial charge in [0.2, 0.25) is 0 Å². The second-order valence-electron chi connectivity index (χ2n) is 4.64. The van der Waals surface area contributed by atoms with Crippen LogP contribution in [-0.4, -0.2) is 11.5 Å². The first kappa shape index (κ1) is 13.9. The van der Waals surface area contributed by atoms with E-state index in [1.165, 1.54) is 6.07 Å². The fourth-order valence-corrected chi connectivity index (χ4v) is 2.05. The summed E-state index contributed by atoms with van der Waals surface area (Å²) in [6, 6.07) is 12.7. The van der Waals surface area contributed by atoms with Gasteiger partial charge < -0.3 is 11.1 Å². The highest BCUT2D eigenvalue weighted by Crippen LogP contribution is 2.27. The second kappa shape index (κ2) is 6.06. The lowest BCUT2D eigenvalue weighted by molar-refractivity contribution is -0.384. The third kappa shape index (κ3) is 3.26. The molecular formula is C15H17N3O2. The number of hydrogen-bond acceptors (Lipinski definition) is 4. The van der Waals surface area contributed by atoms with Crippen LogP contribution in [0.4, 0.5) is 17.1 Å². The van der Waals surface area contributed by atoms with Crippen LogP contribution in [0.15, 0.2) is 42.5 Å². The zero-order valence-corrected chi connectivity index (χ0v) is 11.3. The van der Waals surface area contributed by atoms with Gasteiger partial charge in [0.25, 0.3) is 5.69 Å². The van der Waals surface area contributed by atoms with E-state index in [9.17, 15) is 10.1 Å². The van der Waals surface area contributed by atoms with Crippen LogP contribution >= 0.6 is 0 Å². The second-order valence-corrected chi connectivity index (χ2v) is 4.64. The van der Waals surface area contributed by atoms with Crippen LogP contribution in [0, 0.1) is 17.0 Å². The Balaban J connectivity index is 2.04. The van der Waals surface area contributed by atoms with E-state index in [4.69, 9.17) is 5.73 Å². The average Bonchev–Trinajstić information content (AvgIpc) is 2.42. The number of nitro benzene ring substituents is 1. The summed E-state index contributed by atoms with van der Waals surface area (Å²) in [5.74, 6) is 0. The van der Waals surface area contributed by atoms with Gasteiger partial charge in [-0.15, -0.1) is 0 Å². The molecule has 0 saturated heterocycles. The van der Waals surface area contributed by atoms with Crippen molar-refractivity contribution in [1.82, 2.24) is 0 Å². The van der Waals surface area contributed by atoms with E-state index in [0.717, 1.165) is 23.2 Å². The molecule has 0 spiro atoms. The van der Waals surface area contributed by atoms with Gasteiger partial charge in [0, 0.05) is 18.3 Å². The Morgan fingerprint density at radius 1 is 1.20 bits per heavy atom. The maximum Gasteiger partial charge on any atom is 0.292 e. The van der Waals surface area contributed by atoms with E-state index < -0.39 is 0 Å². The Morgan fingerprint density at radius 3 is 2.55 bits per heavy atom. The van der Waals surface area contributed by atoms with Gasteiger partial charge in [0.1, 0.15) is 5.69 Å². The molecule has 20 heavy (non-hydrogen) atoms. The molecule has 0 amide bonds. The lowest BCUT2D eigenvalue weighted by Crippen LogP contribution is -2.08. The number of anilines is 2. The van der Waals surface area contributed by atoms with Crippen molar-refractivity contribution in [3.8, 4) is 0 Å². The minimum absolute atomic E-state index is 0.113. The Hall–Kier alpha value is -2.56. The monoisotopic (exact) mass is 271 g/mol. The molecule has 2 aromatic rings. The van der Waals surface area contributed by atoms with Crippen molar-refractivity contribution in [2.45, 2.75) is 13.3 Å². The summed E-state index contributed by atoms with van der Waals surface area (Å²) in [4.78, 5) is 10.6. The molecule has 0 unspecified atom stereocenters. The van der Waals surface area contributed by atoms with E-state index in [-0.39, 0.29) is 10.6 Å². The maximum atomic E-state index is 11.0. The molecule has 0 bridgehead atoms. The molecule has 2 aromatic carbocycles. The van der Waals surface area contributed by atoms with Gasteiger partial charge in [-0.05, 0) is 36.6 Å². The van der Waals surface area contributed by atoms with Gasteiger partial charge >= 0.3 is 0 Å². The average molecular weight is 271 g/mol. The van der Waals surface area contributed by atoms with Crippen LogP contribution in [0.25, 0.3) is 0 Å². The Morgan fingerprint density at radius 2 is 1.90 bits per heavy atom. The van der Waals surface area contributed by atoms with Crippen molar-refractivity contribution in [3.05, 3.63) is 63.7 Å². The smallest absolute Gasteiger partial charge is 0.292 e. The van der Waals surface area contributed by atoms with Crippen molar-refractivity contribution < 1.29 is 4.92 Å². The van der Waals surface area contributed by atoms with Gasteiger partial charge in [-0.1, -0.05) is 24.3 Å². The number of nitrogen functional groups attached to an aromatic ring is 1. The molecule has 0 fully saturated rings. The Labute approximate surface area is 117 Å². The summed E-state index contributed by atoms with van der Waals surface area (Å²) < 4.78 is 0. The van der Waals surface area contributed by atoms with Crippen molar-refractivity contribution in [3.63, 3.8) is 0 Å². The lowest BCUT2D eigenvalue weighted by atomic mass is 10.1. The minimum Gasteiger partial charge on any atom is -0.399 e. The number of para-hydroxylation sites is 1.